The van der Waals surface area contributed by atoms with E-state index in [-0.39, 0.29) is 15.5 Å². The van der Waals surface area contributed by atoms with Crippen LogP contribution in [0.15, 0.2) is 41.3 Å². The highest BCUT2D eigenvalue weighted by Gasteiger charge is 2.21. The first-order valence-corrected chi connectivity index (χ1v) is 9.12. The zero-order valence-electron chi connectivity index (χ0n) is 13.3. The quantitative estimate of drug-likeness (QED) is 0.868. The summed E-state index contributed by atoms with van der Waals surface area (Å²) in [7, 11) is -0.832. The van der Waals surface area contributed by atoms with Crippen molar-refractivity contribution in [2.45, 2.75) is 11.8 Å². The molecular weight excluding hydrogens is 371 g/mol. The number of carbonyl (C=O) groups is 1. The average molecular weight is 387 g/mol. The summed E-state index contributed by atoms with van der Waals surface area (Å²) < 4.78 is 25.5. The first-order chi connectivity index (χ1) is 11.1. The van der Waals surface area contributed by atoms with Crippen molar-refractivity contribution in [1.82, 2.24) is 4.31 Å². The maximum absolute atomic E-state index is 12.4. The third kappa shape index (κ3) is 3.89. The minimum absolute atomic E-state index is 0.0102. The molecule has 1 N–H and O–H groups in total. The number of carbonyl (C=O) groups excluding carboxylic acids is 1. The Morgan fingerprint density at radius 1 is 1.04 bits per heavy atom. The number of amides is 1. The summed E-state index contributed by atoms with van der Waals surface area (Å²) in [5.74, 6) is -0.518. The second kappa shape index (κ2) is 7.11. The van der Waals surface area contributed by atoms with Crippen LogP contribution < -0.4 is 5.32 Å². The second-order valence-corrected chi connectivity index (χ2v) is 8.31. The van der Waals surface area contributed by atoms with Crippen LogP contribution in [0.5, 0.6) is 0 Å². The number of rotatable bonds is 4. The summed E-state index contributed by atoms with van der Waals surface area (Å²) >= 11 is 12.1. The predicted molar refractivity (Wildman–Crippen MR) is 96.5 cm³/mol. The largest absolute Gasteiger partial charge is 0.322 e. The van der Waals surface area contributed by atoms with Gasteiger partial charge in [-0.25, -0.2) is 12.7 Å². The molecule has 5 nitrogen and oxygen atoms in total. The summed E-state index contributed by atoms with van der Waals surface area (Å²) in [6, 6.07) is 9.08. The van der Waals surface area contributed by atoms with Crippen LogP contribution in [0.2, 0.25) is 10.0 Å². The van der Waals surface area contributed by atoms with Gasteiger partial charge in [0, 0.05) is 24.8 Å². The van der Waals surface area contributed by atoms with Crippen molar-refractivity contribution in [3.63, 3.8) is 0 Å². The van der Waals surface area contributed by atoms with Gasteiger partial charge in [-0.1, -0.05) is 29.3 Å². The molecule has 0 fully saturated rings. The lowest BCUT2D eigenvalue weighted by molar-refractivity contribution is 0.102. The first kappa shape index (κ1) is 18.7. The molecule has 0 heterocycles. The molecule has 0 aromatic heterocycles. The minimum Gasteiger partial charge on any atom is -0.322 e. The summed E-state index contributed by atoms with van der Waals surface area (Å²) in [6.45, 7) is 1.85. The fourth-order valence-corrected chi connectivity index (χ4v) is 3.23. The topological polar surface area (TPSA) is 66.5 Å². The van der Waals surface area contributed by atoms with E-state index in [1.807, 2.05) is 6.92 Å². The zero-order chi connectivity index (χ0) is 18.1. The third-order valence-electron chi connectivity index (χ3n) is 3.39. The highest BCUT2D eigenvalue weighted by Crippen LogP contribution is 2.24. The number of aryl methyl sites for hydroxylation is 1. The number of hydrogen-bond acceptors (Lipinski definition) is 3. The highest BCUT2D eigenvalue weighted by molar-refractivity contribution is 7.89. The molecule has 0 aliphatic heterocycles. The fraction of sp³-hybridized carbons (Fsp3) is 0.188. The molecule has 0 aliphatic rings. The minimum atomic E-state index is -3.66. The van der Waals surface area contributed by atoms with Crippen LogP contribution in [-0.2, 0) is 10.0 Å². The van der Waals surface area contributed by atoms with Crippen LogP contribution in [0.25, 0.3) is 0 Å². The molecule has 128 valence electrons. The van der Waals surface area contributed by atoms with Crippen LogP contribution in [0, 0.1) is 6.92 Å². The second-order valence-electron chi connectivity index (χ2n) is 5.35. The Balaban J connectivity index is 2.37. The van der Waals surface area contributed by atoms with E-state index in [1.165, 1.54) is 32.3 Å². The highest BCUT2D eigenvalue weighted by atomic mass is 35.5. The number of halogens is 2. The summed E-state index contributed by atoms with van der Waals surface area (Å²) in [5.41, 5.74) is 1.44. The van der Waals surface area contributed by atoms with Gasteiger partial charge in [0.15, 0.2) is 0 Å². The molecule has 24 heavy (non-hydrogen) atoms. The number of hydrogen-bond donors (Lipinski definition) is 1. The van der Waals surface area contributed by atoms with E-state index in [0.29, 0.717) is 10.7 Å². The van der Waals surface area contributed by atoms with Gasteiger partial charge in [-0.3, -0.25) is 4.79 Å². The number of nitrogens with zero attached hydrogens (tertiary/aromatic N) is 1. The van der Waals surface area contributed by atoms with Crippen LogP contribution in [0.1, 0.15) is 15.9 Å². The van der Waals surface area contributed by atoms with E-state index < -0.39 is 15.9 Å². The molecular formula is C16H16Cl2N2O3S. The first-order valence-electron chi connectivity index (χ1n) is 6.92. The van der Waals surface area contributed by atoms with Gasteiger partial charge in [-0.05, 0) is 42.8 Å². The molecule has 0 unspecified atom stereocenters. The number of anilines is 1. The average Bonchev–Trinajstić information content (AvgIpc) is 2.51. The van der Waals surface area contributed by atoms with Crippen molar-refractivity contribution in [2.24, 2.45) is 0 Å². The molecule has 0 aliphatic carbocycles. The van der Waals surface area contributed by atoms with Crippen LogP contribution in [-0.4, -0.2) is 32.7 Å². The Kier molecular flexibility index (Phi) is 5.55. The van der Waals surface area contributed by atoms with Gasteiger partial charge >= 0.3 is 0 Å². The Labute approximate surface area is 151 Å². The van der Waals surface area contributed by atoms with E-state index in [2.05, 4.69) is 5.32 Å². The summed E-state index contributed by atoms with van der Waals surface area (Å²) in [6.07, 6.45) is 0. The molecule has 0 saturated carbocycles. The van der Waals surface area contributed by atoms with Crippen molar-refractivity contribution >= 4 is 44.8 Å². The molecule has 2 aromatic carbocycles. The van der Waals surface area contributed by atoms with Gasteiger partial charge < -0.3 is 5.32 Å². The van der Waals surface area contributed by atoms with Gasteiger partial charge in [0.05, 0.1) is 15.5 Å². The van der Waals surface area contributed by atoms with Gasteiger partial charge in [-0.2, -0.15) is 0 Å². The van der Waals surface area contributed by atoms with Gasteiger partial charge in [0.25, 0.3) is 5.91 Å². The lowest BCUT2D eigenvalue weighted by Gasteiger charge is -2.13. The molecule has 0 spiro atoms. The maximum atomic E-state index is 12.4. The standard InChI is InChI=1S/C16H16Cl2N2O3S/c1-10-4-5-11(8-15(10)18)19-16(21)13-9-12(6-7-14(13)17)24(22,23)20(2)3/h4-9H,1-3H3,(H,19,21). The normalized spacial score (nSPS) is 11.6. The summed E-state index contributed by atoms with van der Waals surface area (Å²) in [5, 5.41) is 3.33. The van der Waals surface area contributed by atoms with E-state index >= 15 is 0 Å². The predicted octanol–water partition coefficient (Wildman–Crippen LogP) is 3.80. The Bertz CT molecular complexity index is 896. The number of nitrogens with one attached hydrogen (secondary N) is 1. The fourth-order valence-electron chi connectivity index (χ4n) is 1.92. The van der Waals surface area contributed by atoms with Crippen molar-refractivity contribution in [3.05, 3.63) is 57.6 Å². The van der Waals surface area contributed by atoms with E-state index in [1.54, 1.807) is 18.2 Å². The van der Waals surface area contributed by atoms with Crippen molar-refractivity contribution in [2.75, 3.05) is 19.4 Å². The molecule has 0 saturated heterocycles. The Morgan fingerprint density at radius 2 is 1.71 bits per heavy atom. The van der Waals surface area contributed by atoms with Crippen molar-refractivity contribution < 1.29 is 13.2 Å². The number of sulfonamides is 1. The summed E-state index contributed by atoms with van der Waals surface area (Å²) in [4.78, 5) is 12.4. The third-order valence-corrected chi connectivity index (χ3v) is 5.94. The SMILES string of the molecule is Cc1ccc(NC(=O)c2cc(S(=O)(=O)N(C)C)ccc2Cl)cc1Cl. The Morgan fingerprint density at radius 3 is 2.29 bits per heavy atom. The van der Waals surface area contributed by atoms with E-state index in [9.17, 15) is 13.2 Å². The lowest BCUT2D eigenvalue weighted by atomic mass is 10.2. The molecule has 8 heteroatoms. The Hall–Kier alpha value is -1.60. The van der Waals surface area contributed by atoms with Crippen LogP contribution in [0.3, 0.4) is 0 Å². The molecule has 0 atom stereocenters. The maximum Gasteiger partial charge on any atom is 0.257 e. The lowest BCUT2D eigenvalue weighted by Crippen LogP contribution is -2.23. The molecule has 1 amide bonds. The van der Waals surface area contributed by atoms with Crippen LogP contribution in [0.4, 0.5) is 5.69 Å². The monoisotopic (exact) mass is 386 g/mol. The van der Waals surface area contributed by atoms with Crippen LogP contribution >= 0.6 is 23.2 Å². The van der Waals surface area contributed by atoms with Crippen molar-refractivity contribution in [1.29, 1.82) is 0 Å². The smallest absolute Gasteiger partial charge is 0.257 e. The van der Waals surface area contributed by atoms with Gasteiger partial charge in [0.2, 0.25) is 10.0 Å². The van der Waals surface area contributed by atoms with Crippen molar-refractivity contribution in [3.8, 4) is 0 Å². The van der Waals surface area contributed by atoms with E-state index in [0.717, 1.165) is 9.87 Å². The molecule has 2 aromatic rings. The van der Waals surface area contributed by atoms with Gasteiger partial charge in [0.1, 0.15) is 0 Å². The molecule has 0 bridgehead atoms. The molecule has 2 rings (SSSR count). The molecule has 0 radical (unpaired) electrons. The van der Waals surface area contributed by atoms with Gasteiger partial charge in [-0.15, -0.1) is 0 Å². The number of benzene rings is 2. The van der Waals surface area contributed by atoms with E-state index in [4.69, 9.17) is 23.2 Å². The zero-order valence-corrected chi connectivity index (χ0v) is 15.6.